The Morgan fingerprint density at radius 3 is 2.56 bits per heavy atom. The van der Waals surface area contributed by atoms with Crippen LogP contribution >= 0.6 is 11.6 Å². The molecule has 1 amide bonds. The van der Waals surface area contributed by atoms with Crippen LogP contribution in [0.5, 0.6) is 5.75 Å². The largest absolute Gasteiger partial charge is 0.492 e. The molecule has 0 unspecified atom stereocenters. The maximum absolute atomic E-state index is 12.2. The first-order valence-electron chi connectivity index (χ1n) is 12.8. The molecule has 0 atom stereocenters. The number of carbonyl (C=O) groups is 1. The molecular weight excluding hydrogens is 470 g/mol. The van der Waals surface area contributed by atoms with Crippen LogP contribution in [0.2, 0.25) is 5.02 Å². The zero-order valence-electron chi connectivity index (χ0n) is 20.9. The van der Waals surface area contributed by atoms with Gasteiger partial charge in [0.25, 0.3) is 0 Å². The van der Waals surface area contributed by atoms with Crippen LogP contribution in [0.15, 0.2) is 72.8 Å². The van der Waals surface area contributed by atoms with Crippen LogP contribution in [0, 0.1) is 0 Å². The first-order chi connectivity index (χ1) is 17.6. The first kappa shape index (κ1) is 25.8. The molecule has 1 N–H and O–H groups in total. The summed E-state index contributed by atoms with van der Waals surface area (Å²) in [5, 5.41) is 3.64. The number of carbonyl (C=O) groups excluding carboxylic acids is 1. The molecular formula is C30H34ClN3O2. The highest BCUT2D eigenvalue weighted by Crippen LogP contribution is 2.19. The van der Waals surface area contributed by atoms with E-state index in [0.29, 0.717) is 24.6 Å². The number of benzene rings is 3. The third kappa shape index (κ3) is 7.11. The van der Waals surface area contributed by atoms with Crippen molar-refractivity contribution in [3.05, 3.63) is 94.8 Å². The van der Waals surface area contributed by atoms with Gasteiger partial charge in [-0.1, -0.05) is 67.4 Å². The number of ether oxygens (including phenoxy) is 1. The highest BCUT2D eigenvalue weighted by Gasteiger charge is 2.11. The molecule has 0 saturated carbocycles. The summed E-state index contributed by atoms with van der Waals surface area (Å²) in [5.41, 5.74) is 4.33. The Hall–Kier alpha value is -3.31. The molecule has 3 aromatic carbocycles. The van der Waals surface area contributed by atoms with Crippen molar-refractivity contribution in [2.75, 3.05) is 13.2 Å². The molecule has 1 aromatic heterocycles. The van der Waals surface area contributed by atoms with E-state index in [1.807, 2.05) is 42.5 Å². The second-order valence-electron chi connectivity index (χ2n) is 8.94. The Kier molecular flexibility index (Phi) is 9.40. The molecule has 0 bridgehead atoms. The summed E-state index contributed by atoms with van der Waals surface area (Å²) in [7, 11) is 0. The van der Waals surface area contributed by atoms with Crippen LogP contribution in [0.1, 0.15) is 43.1 Å². The van der Waals surface area contributed by atoms with E-state index in [1.54, 1.807) is 0 Å². The number of unbranched alkanes of at least 4 members (excludes halogenated alkanes) is 2. The fourth-order valence-corrected chi connectivity index (χ4v) is 4.53. The standard InChI is InChI=1S/C30H34ClN3O2/c1-2-23-15-17-25(18-16-23)36-21-20-34-28-13-8-7-12-27(28)33-29(34)14-4-3-9-19-32-30(35)22-24-10-5-6-11-26(24)31/h5-8,10-13,15-18H,2-4,9,14,19-22H2,1H3,(H,32,35). The third-order valence-corrected chi connectivity index (χ3v) is 6.73. The zero-order valence-corrected chi connectivity index (χ0v) is 21.6. The lowest BCUT2D eigenvalue weighted by molar-refractivity contribution is -0.120. The minimum atomic E-state index is 0.00854. The molecule has 6 heteroatoms. The van der Waals surface area contributed by atoms with Crippen LogP contribution in [0.4, 0.5) is 0 Å². The van der Waals surface area contributed by atoms with E-state index in [1.165, 1.54) is 5.56 Å². The van der Waals surface area contributed by atoms with Gasteiger partial charge in [0.1, 0.15) is 18.2 Å². The molecule has 1 heterocycles. The molecule has 188 valence electrons. The second kappa shape index (κ2) is 13.1. The summed E-state index contributed by atoms with van der Waals surface area (Å²) in [6, 6.07) is 24.1. The average molecular weight is 504 g/mol. The summed E-state index contributed by atoms with van der Waals surface area (Å²) >= 11 is 6.15. The summed E-state index contributed by atoms with van der Waals surface area (Å²) in [5.74, 6) is 1.99. The molecule has 0 aliphatic rings. The molecule has 0 aliphatic carbocycles. The van der Waals surface area contributed by atoms with Gasteiger partial charge in [-0.25, -0.2) is 4.98 Å². The number of nitrogens with zero attached hydrogens (tertiary/aromatic N) is 2. The second-order valence-corrected chi connectivity index (χ2v) is 9.35. The molecule has 4 aromatic rings. The minimum Gasteiger partial charge on any atom is -0.492 e. The van der Waals surface area contributed by atoms with Crippen molar-refractivity contribution in [1.82, 2.24) is 14.9 Å². The van der Waals surface area contributed by atoms with Crippen molar-refractivity contribution in [1.29, 1.82) is 0 Å². The van der Waals surface area contributed by atoms with E-state index in [9.17, 15) is 4.79 Å². The fourth-order valence-electron chi connectivity index (χ4n) is 4.33. The predicted molar refractivity (Wildman–Crippen MR) is 147 cm³/mol. The summed E-state index contributed by atoms with van der Waals surface area (Å²) in [6.07, 6.45) is 5.21. The van der Waals surface area contributed by atoms with E-state index in [0.717, 1.165) is 66.8 Å². The van der Waals surface area contributed by atoms with Crippen molar-refractivity contribution in [3.63, 3.8) is 0 Å². The lowest BCUT2D eigenvalue weighted by Gasteiger charge is -2.11. The Bertz CT molecular complexity index is 1270. The molecule has 0 spiro atoms. The highest BCUT2D eigenvalue weighted by atomic mass is 35.5. The molecule has 0 saturated heterocycles. The lowest BCUT2D eigenvalue weighted by Crippen LogP contribution is -2.26. The van der Waals surface area contributed by atoms with Gasteiger partial charge >= 0.3 is 0 Å². The maximum Gasteiger partial charge on any atom is 0.224 e. The van der Waals surface area contributed by atoms with E-state index in [4.69, 9.17) is 21.3 Å². The summed E-state index contributed by atoms with van der Waals surface area (Å²) < 4.78 is 8.29. The molecule has 0 radical (unpaired) electrons. The summed E-state index contributed by atoms with van der Waals surface area (Å²) in [6.45, 7) is 4.17. The number of para-hydroxylation sites is 2. The highest BCUT2D eigenvalue weighted by molar-refractivity contribution is 6.31. The lowest BCUT2D eigenvalue weighted by atomic mass is 10.1. The zero-order chi connectivity index (χ0) is 25.2. The van der Waals surface area contributed by atoms with Crippen LogP contribution in [0.3, 0.4) is 0 Å². The van der Waals surface area contributed by atoms with Gasteiger partial charge in [0.05, 0.1) is 24.0 Å². The van der Waals surface area contributed by atoms with Gasteiger partial charge < -0.3 is 14.6 Å². The van der Waals surface area contributed by atoms with Crippen molar-refractivity contribution in [2.45, 2.75) is 52.0 Å². The molecule has 4 rings (SSSR count). The third-order valence-electron chi connectivity index (χ3n) is 6.36. The van der Waals surface area contributed by atoms with Gasteiger partial charge in [0.2, 0.25) is 5.91 Å². The number of hydrogen-bond donors (Lipinski definition) is 1. The van der Waals surface area contributed by atoms with Crippen molar-refractivity contribution in [3.8, 4) is 5.75 Å². The SMILES string of the molecule is CCc1ccc(OCCn2c(CCCCCNC(=O)Cc3ccccc3Cl)nc3ccccc32)cc1. The number of amides is 1. The van der Waals surface area contributed by atoms with E-state index in [2.05, 4.69) is 47.1 Å². The quantitative estimate of drug-likeness (QED) is 0.215. The van der Waals surface area contributed by atoms with Crippen molar-refractivity contribution < 1.29 is 9.53 Å². The number of rotatable bonds is 13. The normalized spacial score (nSPS) is 11.1. The number of aromatic nitrogens is 2. The smallest absolute Gasteiger partial charge is 0.224 e. The average Bonchev–Trinajstić information content (AvgIpc) is 3.25. The molecule has 0 fully saturated rings. The number of imidazole rings is 1. The number of fused-ring (bicyclic) bond motifs is 1. The van der Waals surface area contributed by atoms with E-state index < -0.39 is 0 Å². The van der Waals surface area contributed by atoms with Gasteiger partial charge in [0.15, 0.2) is 0 Å². The number of aryl methyl sites for hydroxylation is 2. The van der Waals surface area contributed by atoms with Crippen molar-refractivity contribution >= 4 is 28.5 Å². The molecule has 5 nitrogen and oxygen atoms in total. The maximum atomic E-state index is 12.2. The topological polar surface area (TPSA) is 56.1 Å². The van der Waals surface area contributed by atoms with Gasteiger partial charge in [-0.05, 0) is 60.7 Å². The van der Waals surface area contributed by atoms with Gasteiger partial charge in [0, 0.05) is 18.0 Å². The van der Waals surface area contributed by atoms with Crippen LogP contribution in [-0.4, -0.2) is 28.6 Å². The van der Waals surface area contributed by atoms with Gasteiger partial charge in [-0.15, -0.1) is 0 Å². The van der Waals surface area contributed by atoms with Crippen LogP contribution in [-0.2, 0) is 30.6 Å². The minimum absolute atomic E-state index is 0.00854. The predicted octanol–water partition coefficient (Wildman–Crippen LogP) is 6.40. The summed E-state index contributed by atoms with van der Waals surface area (Å²) in [4.78, 5) is 17.1. The monoisotopic (exact) mass is 503 g/mol. The first-order valence-corrected chi connectivity index (χ1v) is 13.2. The Morgan fingerprint density at radius 1 is 0.972 bits per heavy atom. The van der Waals surface area contributed by atoms with E-state index >= 15 is 0 Å². The Labute approximate surface area is 218 Å². The molecule has 0 aliphatic heterocycles. The Balaban J connectivity index is 1.23. The van der Waals surface area contributed by atoms with Crippen LogP contribution < -0.4 is 10.1 Å². The number of halogens is 1. The number of nitrogens with one attached hydrogen (secondary N) is 1. The fraction of sp³-hybridized carbons (Fsp3) is 0.333. The van der Waals surface area contributed by atoms with Crippen molar-refractivity contribution in [2.24, 2.45) is 0 Å². The van der Waals surface area contributed by atoms with E-state index in [-0.39, 0.29) is 5.91 Å². The van der Waals surface area contributed by atoms with Gasteiger partial charge in [-0.3, -0.25) is 4.79 Å². The molecule has 36 heavy (non-hydrogen) atoms. The van der Waals surface area contributed by atoms with Crippen LogP contribution in [0.25, 0.3) is 11.0 Å². The van der Waals surface area contributed by atoms with Gasteiger partial charge in [-0.2, -0.15) is 0 Å². The number of hydrogen-bond acceptors (Lipinski definition) is 3. The Morgan fingerprint density at radius 2 is 1.75 bits per heavy atom.